The van der Waals surface area contributed by atoms with Gasteiger partial charge in [-0.05, 0) is 37.6 Å². The largest absolute Gasteiger partial charge is 0.397 e. The molecule has 0 atom stereocenters. The van der Waals surface area contributed by atoms with E-state index in [1.807, 2.05) is 43.5 Å². The fourth-order valence-corrected chi connectivity index (χ4v) is 3.33. The number of pyridine rings is 1. The molecule has 2 aromatic heterocycles. The van der Waals surface area contributed by atoms with Gasteiger partial charge in [-0.25, -0.2) is 0 Å². The van der Waals surface area contributed by atoms with Crippen molar-refractivity contribution >= 4 is 28.7 Å². The molecule has 0 fully saturated rings. The summed E-state index contributed by atoms with van der Waals surface area (Å²) in [7, 11) is 0. The first-order chi connectivity index (χ1) is 13.6. The molecular weight excluding hydrogens is 344 g/mol. The molecule has 0 unspecified atom stereocenters. The van der Waals surface area contributed by atoms with Gasteiger partial charge in [0.2, 0.25) is 0 Å². The summed E-state index contributed by atoms with van der Waals surface area (Å²) in [6.45, 7) is 3.88. The molecule has 2 aromatic carbocycles. The van der Waals surface area contributed by atoms with Crippen LogP contribution in [0.25, 0.3) is 34.3 Å². The number of anilines is 1. The molecule has 0 aliphatic carbocycles. The summed E-state index contributed by atoms with van der Waals surface area (Å²) in [5.74, 6) is 0. The first-order valence-electron chi connectivity index (χ1n) is 9.09. The molecule has 0 spiro atoms. The highest BCUT2D eigenvalue weighted by molar-refractivity contribution is 5.91. The molecular formula is C24H20N4. The Hall–Kier alpha value is -3.84. The Morgan fingerprint density at radius 2 is 1.82 bits per heavy atom. The Morgan fingerprint density at radius 1 is 1.04 bits per heavy atom. The third kappa shape index (κ3) is 3.15. The number of nitrogens with zero attached hydrogens (tertiary/aromatic N) is 2. The van der Waals surface area contributed by atoms with Crippen molar-refractivity contribution in [3.05, 3.63) is 82.7 Å². The molecule has 0 aliphatic rings. The third-order valence-electron chi connectivity index (χ3n) is 4.91. The first-order valence-corrected chi connectivity index (χ1v) is 9.09. The Balaban J connectivity index is 1.89. The summed E-state index contributed by atoms with van der Waals surface area (Å²) in [6.07, 6.45) is 5.87. The van der Waals surface area contributed by atoms with E-state index in [0.717, 1.165) is 33.3 Å². The van der Waals surface area contributed by atoms with Crippen LogP contribution in [0, 0.1) is 25.2 Å². The summed E-state index contributed by atoms with van der Waals surface area (Å²) in [4.78, 5) is 7.93. The van der Waals surface area contributed by atoms with Crippen LogP contribution in [-0.2, 0) is 0 Å². The van der Waals surface area contributed by atoms with Gasteiger partial charge in [0.25, 0.3) is 0 Å². The van der Waals surface area contributed by atoms with E-state index in [-0.39, 0.29) is 0 Å². The van der Waals surface area contributed by atoms with E-state index < -0.39 is 0 Å². The van der Waals surface area contributed by atoms with Gasteiger partial charge in [-0.15, -0.1) is 0 Å². The molecule has 4 heteroatoms. The minimum atomic E-state index is 0.426. The van der Waals surface area contributed by atoms with E-state index in [4.69, 9.17) is 10.7 Å². The molecule has 0 aliphatic heterocycles. The lowest BCUT2D eigenvalue weighted by Crippen LogP contribution is -2.03. The number of nitrogens with two attached hydrogens (primary N) is 1. The molecule has 0 saturated heterocycles. The number of nitrogen functional groups attached to an aromatic ring is 1. The summed E-state index contributed by atoms with van der Waals surface area (Å²) in [6, 6.07) is 18.6. The van der Waals surface area contributed by atoms with Crippen LogP contribution < -0.4 is 5.73 Å². The summed E-state index contributed by atoms with van der Waals surface area (Å²) in [5, 5.41) is 10.6. The molecule has 2 heterocycles. The molecule has 0 radical (unpaired) electrons. The predicted molar refractivity (Wildman–Crippen MR) is 116 cm³/mol. The second-order valence-electron chi connectivity index (χ2n) is 6.88. The quantitative estimate of drug-likeness (QED) is 0.506. The predicted octanol–water partition coefficient (Wildman–Crippen LogP) is 5.47. The van der Waals surface area contributed by atoms with Gasteiger partial charge in [-0.2, -0.15) is 5.26 Å². The van der Waals surface area contributed by atoms with Gasteiger partial charge in [0, 0.05) is 28.2 Å². The smallest absolute Gasteiger partial charge is 0.103 e. The van der Waals surface area contributed by atoms with Crippen molar-refractivity contribution in [2.75, 3.05) is 5.73 Å². The van der Waals surface area contributed by atoms with Gasteiger partial charge in [-0.3, -0.25) is 4.98 Å². The Kier molecular flexibility index (Phi) is 4.42. The van der Waals surface area contributed by atoms with E-state index in [0.29, 0.717) is 16.9 Å². The van der Waals surface area contributed by atoms with Crippen molar-refractivity contribution in [2.45, 2.75) is 13.8 Å². The van der Waals surface area contributed by atoms with Crippen molar-refractivity contribution in [3.8, 4) is 17.3 Å². The summed E-state index contributed by atoms with van der Waals surface area (Å²) in [5.41, 5.74) is 13.8. The highest BCUT2D eigenvalue weighted by Crippen LogP contribution is 2.33. The molecule has 4 rings (SSSR count). The number of hydrogen-bond acceptors (Lipinski definition) is 3. The normalized spacial score (nSPS) is 11.2. The molecule has 4 nitrogen and oxygen atoms in total. The molecule has 136 valence electrons. The molecule has 0 bridgehead atoms. The lowest BCUT2D eigenvalue weighted by atomic mass is 9.98. The number of nitrogens with one attached hydrogen (secondary N) is 1. The van der Waals surface area contributed by atoms with Crippen LogP contribution in [-0.4, -0.2) is 9.97 Å². The number of benzene rings is 2. The maximum atomic E-state index is 9.52. The highest BCUT2D eigenvalue weighted by Gasteiger charge is 2.16. The Bertz CT molecular complexity index is 1240. The van der Waals surface area contributed by atoms with Gasteiger partial charge >= 0.3 is 0 Å². The zero-order valence-corrected chi connectivity index (χ0v) is 15.8. The van der Waals surface area contributed by atoms with Crippen molar-refractivity contribution in [2.24, 2.45) is 0 Å². The van der Waals surface area contributed by atoms with E-state index in [1.165, 1.54) is 5.56 Å². The van der Waals surface area contributed by atoms with Crippen LogP contribution in [0.5, 0.6) is 0 Å². The minimum absolute atomic E-state index is 0.426. The minimum Gasteiger partial charge on any atom is -0.397 e. The number of fused-ring (bicyclic) bond motifs is 1. The standard InChI is InChI=1S/C24H20N4/c1-15-3-5-17(6-4-15)7-9-20-23(26)21(14-25)16(2)28-24(20)19-8-10-22-18(13-19)11-12-27-22/h3-13,27H,1-2H3,(H2,26,28)/b9-7+. The van der Waals surface area contributed by atoms with Crippen molar-refractivity contribution < 1.29 is 0 Å². The van der Waals surface area contributed by atoms with Crippen LogP contribution >= 0.6 is 0 Å². The van der Waals surface area contributed by atoms with Crippen LogP contribution in [0.1, 0.15) is 27.9 Å². The number of aromatic amines is 1. The van der Waals surface area contributed by atoms with Crippen LogP contribution in [0.15, 0.2) is 54.7 Å². The van der Waals surface area contributed by atoms with E-state index in [2.05, 4.69) is 48.3 Å². The second-order valence-corrected chi connectivity index (χ2v) is 6.88. The second kappa shape index (κ2) is 7.05. The molecule has 0 amide bonds. The van der Waals surface area contributed by atoms with Crippen LogP contribution in [0.2, 0.25) is 0 Å². The Morgan fingerprint density at radius 3 is 2.57 bits per heavy atom. The average Bonchev–Trinajstić information content (AvgIpc) is 3.16. The van der Waals surface area contributed by atoms with Crippen molar-refractivity contribution in [3.63, 3.8) is 0 Å². The van der Waals surface area contributed by atoms with Gasteiger partial charge in [-0.1, -0.05) is 48.0 Å². The monoisotopic (exact) mass is 364 g/mol. The van der Waals surface area contributed by atoms with Crippen LogP contribution in [0.3, 0.4) is 0 Å². The fraction of sp³-hybridized carbons (Fsp3) is 0.0833. The number of H-pyrrole nitrogens is 1. The van der Waals surface area contributed by atoms with E-state index >= 15 is 0 Å². The number of rotatable bonds is 3. The zero-order valence-electron chi connectivity index (χ0n) is 15.8. The fourth-order valence-electron chi connectivity index (χ4n) is 3.33. The summed E-state index contributed by atoms with van der Waals surface area (Å²) < 4.78 is 0. The van der Waals surface area contributed by atoms with Gasteiger partial charge in [0.15, 0.2) is 0 Å². The number of aromatic nitrogens is 2. The third-order valence-corrected chi connectivity index (χ3v) is 4.91. The zero-order chi connectivity index (χ0) is 19.7. The SMILES string of the molecule is Cc1ccc(/C=C/c2c(-c3ccc4[nH]ccc4c3)nc(C)c(C#N)c2N)cc1. The highest BCUT2D eigenvalue weighted by atomic mass is 14.7. The summed E-state index contributed by atoms with van der Waals surface area (Å²) >= 11 is 0. The van der Waals surface area contributed by atoms with Crippen LogP contribution in [0.4, 0.5) is 5.69 Å². The van der Waals surface area contributed by atoms with Gasteiger partial charge < -0.3 is 10.7 Å². The Labute approximate surface area is 164 Å². The first kappa shape index (κ1) is 17.6. The average molecular weight is 364 g/mol. The lowest BCUT2D eigenvalue weighted by molar-refractivity contribution is 1.18. The van der Waals surface area contributed by atoms with Gasteiger partial charge in [0.1, 0.15) is 6.07 Å². The number of hydrogen-bond donors (Lipinski definition) is 2. The maximum Gasteiger partial charge on any atom is 0.103 e. The number of nitriles is 1. The number of aryl methyl sites for hydroxylation is 2. The molecule has 3 N–H and O–H groups in total. The topological polar surface area (TPSA) is 78.5 Å². The molecule has 0 saturated carbocycles. The van der Waals surface area contributed by atoms with E-state index in [9.17, 15) is 5.26 Å². The maximum absolute atomic E-state index is 9.52. The van der Waals surface area contributed by atoms with Crippen molar-refractivity contribution in [1.29, 1.82) is 5.26 Å². The molecule has 28 heavy (non-hydrogen) atoms. The van der Waals surface area contributed by atoms with Crippen molar-refractivity contribution in [1.82, 2.24) is 9.97 Å². The van der Waals surface area contributed by atoms with Gasteiger partial charge in [0.05, 0.1) is 22.6 Å². The lowest BCUT2D eigenvalue weighted by Gasteiger charge is -2.13. The molecule has 4 aromatic rings. The van der Waals surface area contributed by atoms with E-state index in [1.54, 1.807) is 0 Å².